The van der Waals surface area contributed by atoms with E-state index in [4.69, 9.17) is 5.11 Å². The Hall–Kier alpha value is -0.990. The Morgan fingerprint density at radius 1 is 1.88 bits per heavy atom. The maximum Gasteiger partial charge on any atom is 0.231 e. The lowest BCUT2D eigenvalue weighted by Crippen LogP contribution is -2.41. The zero-order valence-corrected chi connectivity index (χ0v) is 4.42. The van der Waals surface area contributed by atoms with E-state index in [1.54, 1.807) is 0 Å². The smallest absolute Gasteiger partial charge is 0.231 e. The van der Waals surface area contributed by atoms with E-state index in [1.165, 1.54) is 4.90 Å². The van der Waals surface area contributed by atoms with Crippen molar-refractivity contribution < 1.29 is 9.90 Å². The molecule has 0 bridgehead atoms. The van der Waals surface area contributed by atoms with Crippen LogP contribution in [0.25, 0.3) is 0 Å². The second-order valence-electron chi connectivity index (χ2n) is 1.71. The van der Waals surface area contributed by atoms with E-state index in [2.05, 4.69) is 6.58 Å². The predicted octanol–water partition coefficient (Wildman–Crippen LogP) is 0.248. The van der Waals surface area contributed by atoms with Gasteiger partial charge in [0, 0.05) is 13.0 Å². The lowest BCUT2D eigenvalue weighted by atomic mass is 10.2. The summed E-state index contributed by atoms with van der Waals surface area (Å²) in [6.07, 6.45) is 0.541. The third-order valence-corrected chi connectivity index (χ3v) is 1.16. The number of rotatable bonds is 1. The molecule has 3 heteroatoms. The van der Waals surface area contributed by atoms with Crippen LogP contribution < -0.4 is 0 Å². The van der Waals surface area contributed by atoms with Crippen molar-refractivity contribution in [3.05, 3.63) is 12.5 Å². The van der Waals surface area contributed by atoms with Crippen molar-refractivity contribution >= 4 is 5.91 Å². The number of aliphatic hydroxyl groups excluding tert-OH is 1. The molecule has 0 aromatic rings. The molecule has 1 aliphatic rings. The van der Waals surface area contributed by atoms with E-state index in [0.717, 1.165) is 0 Å². The van der Waals surface area contributed by atoms with Crippen LogP contribution in [0.5, 0.6) is 0 Å². The summed E-state index contributed by atoms with van der Waals surface area (Å²) in [5.41, 5.74) is 0. The molecule has 0 aromatic carbocycles. The number of β-lactam (4-membered cyclic amide) rings is 1. The van der Waals surface area contributed by atoms with E-state index in [9.17, 15) is 4.79 Å². The highest BCUT2D eigenvalue weighted by Gasteiger charge is 2.25. The van der Waals surface area contributed by atoms with Crippen LogP contribution in [0.1, 0.15) is 6.42 Å². The molecule has 1 rings (SSSR count). The van der Waals surface area contributed by atoms with Crippen molar-refractivity contribution in [3.63, 3.8) is 0 Å². The van der Waals surface area contributed by atoms with Gasteiger partial charge in [0.25, 0.3) is 0 Å². The Balaban J connectivity index is 2.49. The maximum absolute atomic E-state index is 10.4. The molecule has 1 fully saturated rings. The van der Waals surface area contributed by atoms with E-state index < -0.39 is 0 Å². The van der Waals surface area contributed by atoms with Crippen LogP contribution in [0, 0.1) is 0 Å². The molecule has 0 unspecified atom stereocenters. The van der Waals surface area contributed by atoms with E-state index in [1.807, 2.05) is 0 Å². The van der Waals surface area contributed by atoms with Crippen LogP contribution >= 0.6 is 0 Å². The summed E-state index contributed by atoms with van der Waals surface area (Å²) in [4.78, 5) is 11.6. The summed E-state index contributed by atoms with van der Waals surface area (Å²) in [6.45, 7) is 3.81. The van der Waals surface area contributed by atoms with Crippen LogP contribution in [0.2, 0.25) is 0 Å². The van der Waals surface area contributed by atoms with Gasteiger partial charge in [-0.05, 0) is 6.58 Å². The molecule has 1 aliphatic heterocycles. The quantitative estimate of drug-likeness (QED) is 0.391. The van der Waals surface area contributed by atoms with Gasteiger partial charge < -0.3 is 5.11 Å². The van der Waals surface area contributed by atoms with Crippen LogP contribution in [0.3, 0.4) is 0 Å². The molecular weight excluding hydrogens is 106 g/mol. The second-order valence-corrected chi connectivity index (χ2v) is 1.71. The highest BCUT2D eigenvalue weighted by molar-refractivity contribution is 5.83. The lowest BCUT2D eigenvalue weighted by molar-refractivity contribution is -0.139. The van der Waals surface area contributed by atoms with Crippen molar-refractivity contribution in [1.29, 1.82) is 0 Å². The normalized spacial score (nSPS) is 18.0. The molecule has 0 spiro atoms. The molecule has 0 saturated carbocycles. The Morgan fingerprint density at radius 3 is 2.50 bits per heavy atom. The first-order chi connectivity index (χ1) is 3.72. The lowest BCUT2D eigenvalue weighted by Gasteiger charge is -2.28. The summed E-state index contributed by atoms with van der Waals surface area (Å²) in [5.74, 6) is -0.182. The minimum atomic E-state index is -0.138. The van der Waals surface area contributed by atoms with Gasteiger partial charge in [-0.25, -0.2) is 0 Å². The summed E-state index contributed by atoms with van der Waals surface area (Å²) in [5, 5.41) is 8.55. The summed E-state index contributed by atoms with van der Waals surface area (Å²) in [6, 6.07) is 0. The van der Waals surface area contributed by atoms with Crippen molar-refractivity contribution in [2.24, 2.45) is 0 Å². The fraction of sp³-hybridized carbons (Fsp3) is 0.400. The van der Waals surface area contributed by atoms with Crippen LogP contribution in [0.15, 0.2) is 12.5 Å². The van der Waals surface area contributed by atoms with Crippen LogP contribution in [0.4, 0.5) is 0 Å². The number of amides is 1. The number of hydrogen-bond acceptors (Lipinski definition) is 2. The molecule has 1 N–H and O–H groups in total. The van der Waals surface area contributed by atoms with Crippen LogP contribution in [-0.4, -0.2) is 22.5 Å². The van der Waals surface area contributed by atoms with Gasteiger partial charge in [0.05, 0.1) is 0 Å². The number of carbonyl (C=O) groups excluding carboxylic acids is 1. The van der Waals surface area contributed by atoms with Gasteiger partial charge in [-0.2, -0.15) is 0 Å². The molecule has 1 saturated heterocycles. The van der Waals surface area contributed by atoms with E-state index in [-0.39, 0.29) is 11.8 Å². The first-order valence-electron chi connectivity index (χ1n) is 2.40. The minimum Gasteiger partial charge on any atom is -0.495 e. The van der Waals surface area contributed by atoms with Crippen LogP contribution in [-0.2, 0) is 4.79 Å². The molecule has 0 radical (unpaired) electrons. The van der Waals surface area contributed by atoms with Gasteiger partial charge in [-0.3, -0.25) is 9.69 Å². The standard InChI is InChI=1S/C5H7NO2/c1-4(7)6-3-2-5(6)8/h7H,1-3H2. The largest absolute Gasteiger partial charge is 0.495 e. The summed E-state index contributed by atoms with van der Waals surface area (Å²) in [7, 11) is 0. The molecule has 1 heterocycles. The Morgan fingerprint density at radius 2 is 2.50 bits per heavy atom. The summed E-state index contributed by atoms with van der Waals surface area (Å²) >= 11 is 0. The van der Waals surface area contributed by atoms with Crippen molar-refractivity contribution in [1.82, 2.24) is 4.90 Å². The molecular formula is C5H7NO2. The molecule has 0 atom stereocenters. The number of carbonyl (C=O) groups is 1. The Labute approximate surface area is 47.2 Å². The van der Waals surface area contributed by atoms with E-state index >= 15 is 0 Å². The average molecular weight is 113 g/mol. The number of nitrogens with zero attached hydrogens (tertiary/aromatic N) is 1. The fourth-order valence-corrected chi connectivity index (χ4v) is 0.588. The van der Waals surface area contributed by atoms with Crippen molar-refractivity contribution in [2.75, 3.05) is 6.54 Å². The Bertz CT molecular complexity index is 133. The highest BCUT2D eigenvalue weighted by atomic mass is 16.3. The minimum absolute atomic E-state index is 0.0440. The Kier molecular flexibility index (Phi) is 0.970. The monoisotopic (exact) mass is 113 g/mol. The third kappa shape index (κ3) is 0.559. The maximum atomic E-state index is 10.4. The molecule has 0 aliphatic carbocycles. The number of hydrogen-bond donors (Lipinski definition) is 1. The topological polar surface area (TPSA) is 40.5 Å². The highest BCUT2D eigenvalue weighted by Crippen LogP contribution is 2.11. The molecule has 1 amide bonds. The SMILES string of the molecule is C=C(O)N1CCC1=O. The van der Waals surface area contributed by atoms with E-state index in [0.29, 0.717) is 13.0 Å². The van der Waals surface area contributed by atoms with Crippen molar-refractivity contribution in [2.45, 2.75) is 6.42 Å². The fourth-order valence-electron chi connectivity index (χ4n) is 0.588. The van der Waals surface area contributed by atoms with Gasteiger partial charge in [-0.1, -0.05) is 0 Å². The number of aliphatic hydroxyl groups is 1. The average Bonchev–Trinajstić information content (AvgIpc) is 1.61. The first kappa shape index (κ1) is 5.15. The zero-order valence-electron chi connectivity index (χ0n) is 4.42. The van der Waals surface area contributed by atoms with Gasteiger partial charge >= 0.3 is 0 Å². The molecule has 0 aromatic heterocycles. The second kappa shape index (κ2) is 1.51. The zero-order chi connectivity index (χ0) is 6.15. The van der Waals surface area contributed by atoms with Gasteiger partial charge in [0.15, 0.2) is 5.88 Å². The van der Waals surface area contributed by atoms with Gasteiger partial charge in [0.1, 0.15) is 0 Å². The molecule has 3 nitrogen and oxygen atoms in total. The molecule has 8 heavy (non-hydrogen) atoms. The number of likely N-dealkylation sites (tertiary alicyclic amines) is 1. The molecule has 44 valence electrons. The van der Waals surface area contributed by atoms with Crippen molar-refractivity contribution in [3.8, 4) is 0 Å². The van der Waals surface area contributed by atoms with Gasteiger partial charge in [0.2, 0.25) is 5.91 Å². The predicted molar refractivity (Wildman–Crippen MR) is 28.1 cm³/mol. The first-order valence-corrected chi connectivity index (χ1v) is 2.40. The third-order valence-electron chi connectivity index (χ3n) is 1.16. The van der Waals surface area contributed by atoms with Gasteiger partial charge in [-0.15, -0.1) is 0 Å². The summed E-state index contributed by atoms with van der Waals surface area (Å²) < 4.78 is 0.